The number of nitrogens with zero attached hydrogens (tertiary/aromatic N) is 1. The van der Waals surface area contributed by atoms with Crippen molar-refractivity contribution in [3.63, 3.8) is 0 Å². The molecule has 120 valence electrons. The molecule has 0 unspecified atom stereocenters. The summed E-state index contributed by atoms with van der Waals surface area (Å²) in [6.07, 6.45) is -4.79. The van der Waals surface area contributed by atoms with Gasteiger partial charge < -0.3 is 5.32 Å². The summed E-state index contributed by atoms with van der Waals surface area (Å²) in [6, 6.07) is 3.06. The minimum atomic E-state index is -4.61. The SMILES string of the molecule is CC(=O)N/N=C(\C)CC(=O)Nc1ccc(Cl)c(C(F)(F)F)c1. The zero-order valence-electron chi connectivity index (χ0n) is 11.7. The highest BCUT2D eigenvalue weighted by atomic mass is 35.5. The molecule has 2 amide bonds. The Balaban J connectivity index is 2.77. The number of alkyl halides is 3. The van der Waals surface area contributed by atoms with Gasteiger partial charge in [-0.1, -0.05) is 11.6 Å². The first-order chi connectivity index (χ1) is 10.1. The molecule has 0 aromatic heterocycles. The monoisotopic (exact) mass is 335 g/mol. The third-order valence-electron chi connectivity index (χ3n) is 2.38. The summed E-state index contributed by atoms with van der Waals surface area (Å²) in [5.74, 6) is -0.964. The molecule has 0 aliphatic heterocycles. The smallest absolute Gasteiger partial charge is 0.326 e. The molecule has 0 aliphatic rings. The van der Waals surface area contributed by atoms with Crippen molar-refractivity contribution in [1.82, 2.24) is 5.43 Å². The first kappa shape index (κ1) is 18.0. The lowest BCUT2D eigenvalue weighted by Gasteiger charge is -2.11. The molecule has 5 nitrogen and oxygen atoms in total. The van der Waals surface area contributed by atoms with Gasteiger partial charge >= 0.3 is 6.18 Å². The van der Waals surface area contributed by atoms with Crippen LogP contribution in [0.1, 0.15) is 25.8 Å². The van der Waals surface area contributed by atoms with Crippen LogP contribution in [0.5, 0.6) is 0 Å². The Morgan fingerprint density at radius 3 is 2.45 bits per heavy atom. The summed E-state index contributed by atoms with van der Waals surface area (Å²) < 4.78 is 38.1. The van der Waals surface area contributed by atoms with Crippen LogP contribution in [0.2, 0.25) is 5.02 Å². The van der Waals surface area contributed by atoms with Gasteiger partial charge in [0.1, 0.15) is 0 Å². The van der Waals surface area contributed by atoms with Gasteiger partial charge in [-0.15, -0.1) is 0 Å². The molecule has 22 heavy (non-hydrogen) atoms. The number of benzene rings is 1. The molecular formula is C13H13ClF3N3O2. The maximum Gasteiger partial charge on any atom is 0.417 e. The van der Waals surface area contributed by atoms with E-state index < -0.39 is 28.6 Å². The van der Waals surface area contributed by atoms with Gasteiger partial charge in [0.25, 0.3) is 0 Å². The van der Waals surface area contributed by atoms with Crippen molar-refractivity contribution in [3.05, 3.63) is 28.8 Å². The maximum atomic E-state index is 12.7. The molecule has 0 heterocycles. The average molecular weight is 336 g/mol. The Hall–Kier alpha value is -2.09. The van der Waals surface area contributed by atoms with Crippen LogP contribution >= 0.6 is 11.6 Å². The first-order valence-electron chi connectivity index (χ1n) is 6.06. The minimum absolute atomic E-state index is 0.0333. The first-order valence-corrected chi connectivity index (χ1v) is 6.43. The van der Waals surface area contributed by atoms with E-state index in [1.807, 2.05) is 0 Å². The van der Waals surface area contributed by atoms with Crippen molar-refractivity contribution in [3.8, 4) is 0 Å². The summed E-state index contributed by atoms with van der Waals surface area (Å²) in [4.78, 5) is 22.3. The predicted octanol–water partition coefficient (Wildman–Crippen LogP) is 3.20. The van der Waals surface area contributed by atoms with Crippen molar-refractivity contribution in [2.24, 2.45) is 5.10 Å². The lowest BCUT2D eigenvalue weighted by molar-refractivity contribution is -0.137. The van der Waals surface area contributed by atoms with E-state index in [9.17, 15) is 22.8 Å². The highest BCUT2D eigenvalue weighted by molar-refractivity contribution is 6.31. The number of hydrogen-bond acceptors (Lipinski definition) is 3. The molecule has 1 aromatic rings. The van der Waals surface area contributed by atoms with E-state index in [0.717, 1.165) is 12.1 Å². The molecule has 0 atom stereocenters. The highest BCUT2D eigenvalue weighted by Gasteiger charge is 2.33. The summed E-state index contributed by atoms with van der Waals surface area (Å²) in [5.41, 5.74) is 1.39. The molecule has 2 N–H and O–H groups in total. The van der Waals surface area contributed by atoms with Crippen LogP contribution in [-0.4, -0.2) is 17.5 Å². The Bertz CT molecular complexity index is 615. The normalized spacial score (nSPS) is 12.0. The van der Waals surface area contributed by atoms with Gasteiger partial charge in [0, 0.05) is 18.3 Å². The van der Waals surface area contributed by atoms with E-state index in [1.165, 1.54) is 19.9 Å². The van der Waals surface area contributed by atoms with Gasteiger partial charge in [0.15, 0.2) is 0 Å². The molecule has 1 aromatic carbocycles. The van der Waals surface area contributed by atoms with Gasteiger partial charge in [-0.05, 0) is 25.1 Å². The van der Waals surface area contributed by atoms with Crippen molar-refractivity contribution in [1.29, 1.82) is 0 Å². The standard InChI is InChI=1S/C13H13ClF3N3O2/c1-7(19-20-8(2)21)5-12(22)18-9-3-4-11(14)10(6-9)13(15,16)17/h3-4,6H,5H2,1-2H3,(H,18,22)(H,20,21)/b19-7+. The Kier molecular flexibility index (Phi) is 5.92. The third kappa shape index (κ3) is 5.72. The lowest BCUT2D eigenvalue weighted by Crippen LogP contribution is -2.19. The number of nitrogens with one attached hydrogen (secondary N) is 2. The van der Waals surface area contributed by atoms with Gasteiger partial charge in [-0.3, -0.25) is 9.59 Å². The fourth-order valence-electron chi connectivity index (χ4n) is 1.47. The quantitative estimate of drug-likeness (QED) is 0.655. The predicted molar refractivity (Wildman–Crippen MR) is 76.6 cm³/mol. The summed E-state index contributed by atoms with van der Waals surface area (Å²) in [6.45, 7) is 2.75. The molecule has 0 saturated heterocycles. The number of halogens is 4. The molecule has 9 heteroatoms. The van der Waals surface area contributed by atoms with Crippen LogP contribution in [0.25, 0.3) is 0 Å². The molecule has 0 aliphatic carbocycles. The van der Waals surface area contributed by atoms with Gasteiger partial charge in [0.2, 0.25) is 11.8 Å². The van der Waals surface area contributed by atoms with Crippen LogP contribution in [0.3, 0.4) is 0 Å². The molecule has 0 spiro atoms. The number of hydrazone groups is 1. The van der Waals surface area contributed by atoms with E-state index >= 15 is 0 Å². The van der Waals surface area contributed by atoms with Crippen LogP contribution in [0.15, 0.2) is 23.3 Å². The minimum Gasteiger partial charge on any atom is -0.326 e. The molecule has 0 radical (unpaired) electrons. The van der Waals surface area contributed by atoms with Crippen molar-refractivity contribution >= 4 is 34.8 Å². The van der Waals surface area contributed by atoms with Crippen molar-refractivity contribution in [2.45, 2.75) is 26.4 Å². The van der Waals surface area contributed by atoms with E-state index in [1.54, 1.807) is 0 Å². The second kappa shape index (κ2) is 7.26. The summed E-state index contributed by atoms with van der Waals surface area (Å²) in [5, 5.41) is 5.49. The topological polar surface area (TPSA) is 70.6 Å². The lowest BCUT2D eigenvalue weighted by atomic mass is 10.2. The number of anilines is 1. The van der Waals surface area contributed by atoms with Crippen molar-refractivity contribution in [2.75, 3.05) is 5.32 Å². The van der Waals surface area contributed by atoms with Crippen LogP contribution in [-0.2, 0) is 15.8 Å². The van der Waals surface area contributed by atoms with E-state index in [0.29, 0.717) is 5.71 Å². The van der Waals surface area contributed by atoms with Crippen LogP contribution in [0, 0.1) is 0 Å². The third-order valence-corrected chi connectivity index (χ3v) is 2.71. The number of amides is 2. The highest BCUT2D eigenvalue weighted by Crippen LogP contribution is 2.36. The van der Waals surface area contributed by atoms with Gasteiger partial charge in [0.05, 0.1) is 17.0 Å². The fraction of sp³-hybridized carbons (Fsp3) is 0.308. The summed E-state index contributed by atoms with van der Waals surface area (Å²) >= 11 is 5.48. The number of rotatable bonds is 4. The number of carbonyl (C=O) groups excluding carboxylic acids is 2. The Morgan fingerprint density at radius 2 is 1.91 bits per heavy atom. The van der Waals surface area contributed by atoms with Crippen LogP contribution in [0.4, 0.5) is 18.9 Å². The molecule has 0 fully saturated rings. The second-order valence-electron chi connectivity index (χ2n) is 4.43. The Labute approximate surface area is 129 Å². The van der Waals surface area contributed by atoms with E-state index in [4.69, 9.17) is 11.6 Å². The average Bonchev–Trinajstić information content (AvgIpc) is 2.37. The fourth-order valence-corrected chi connectivity index (χ4v) is 1.70. The Morgan fingerprint density at radius 1 is 1.27 bits per heavy atom. The second-order valence-corrected chi connectivity index (χ2v) is 4.84. The van der Waals surface area contributed by atoms with Gasteiger partial charge in [-0.2, -0.15) is 18.3 Å². The van der Waals surface area contributed by atoms with E-state index in [-0.39, 0.29) is 12.1 Å². The van der Waals surface area contributed by atoms with Crippen molar-refractivity contribution < 1.29 is 22.8 Å². The molecule has 1 rings (SSSR count). The molecule has 0 saturated carbocycles. The number of hydrogen-bond donors (Lipinski definition) is 2. The molecule has 0 bridgehead atoms. The van der Waals surface area contributed by atoms with Crippen LogP contribution < -0.4 is 10.7 Å². The van der Waals surface area contributed by atoms with E-state index in [2.05, 4.69) is 15.8 Å². The zero-order valence-corrected chi connectivity index (χ0v) is 12.5. The van der Waals surface area contributed by atoms with Gasteiger partial charge in [-0.25, -0.2) is 5.43 Å². The number of carbonyl (C=O) groups is 2. The zero-order chi connectivity index (χ0) is 16.9. The molecular weight excluding hydrogens is 323 g/mol. The maximum absolute atomic E-state index is 12.7. The largest absolute Gasteiger partial charge is 0.417 e. The summed E-state index contributed by atoms with van der Waals surface area (Å²) in [7, 11) is 0.